The second-order valence-corrected chi connectivity index (χ2v) is 19.2. The summed E-state index contributed by atoms with van der Waals surface area (Å²) in [7, 11) is 0. The van der Waals surface area contributed by atoms with E-state index in [1.54, 1.807) is 0 Å². The van der Waals surface area contributed by atoms with Crippen LogP contribution >= 0.6 is 0 Å². The fourth-order valence-electron chi connectivity index (χ4n) is 8.31. The molecule has 1 unspecified atom stereocenters. The number of allylic oxidation sites excluding steroid dienone is 6. The third-order valence-electron chi connectivity index (χ3n) is 12.6. The second-order valence-electron chi connectivity index (χ2n) is 19.2. The Bertz CT molecular complexity index is 1090. The summed E-state index contributed by atoms with van der Waals surface area (Å²) in [5.41, 5.74) is 0. The van der Waals surface area contributed by atoms with Crippen molar-refractivity contribution >= 4 is 17.9 Å². The molecule has 0 spiro atoms. The number of carbonyl (C=O) groups is 3. The van der Waals surface area contributed by atoms with Gasteiger partial charge in [-0.3, -0.25) is 14.4 Å². The number of unbranched alkanes of at least 4 members (excludes halogenated alkanes) is 36. The molecule has 65 heavy (non-hydrogen) atoms. The van der Waals surface area contributed by atoms with E-state index in [1.807, 2.05) is 0 Å². The van der Waals surface area contributed by atoms with E-state index in [0.29, 0.717) is 19.3 Å². The maximum absolute atomic E-state index is 12.8. The van der Waals surface area contributed by atoms with Crippen LogP contribution in [0.15, 0.2) is 36.5 Å². The van der Waals surface area contributed by atoms with E-state index in [4.69, 9.17) is 14.2 Å². The fourth-order valence-corrected chi connectivity index (χ4v) is 8.31. The molecule has 0 saturated heterocycles. The minimum Gasteiger partial charge on any atom is -0.462 e. The number of carbonyl (C=O) groups excluding carboxylic acids is 3. The van der Waals surface area contributed by atoms with Crippen LogP contribution in [0.2, 0.25) is 0 Å². The highest BCUT2D eigenvalue weighted by molar-refractivity contribution is 5.71. The van der Waals surface area contributed by atoms with Gasteiger partial charge in [0.25, 0.3) is 0 Å². The van der Waals surface area contributed by atoms with Gasteiger partial charge in [0, 0.05) is 19.3 Å². The topological polar surface area (TPSA) is 78.9 Å². The lowest BCUT2D eigenvalue weighted by atomic mass is 10.0. The molecule has 0 fully saturated rings. The van der Waals surface area contributed by atoms with Crippen LogP contribution in [0.3, 0.4) is 0 Å². The summed E-state index contributed by atoms with van der Waals surface area (Å²) in [6.07, 6.45) is 64.2. The molecule has 0 radical (unpaired) electrons. The molecule has 6 heteroatoms. The van der Waals surface area contributed by atoms with Crippen LogP contribution in [0.25, 0.3) is 0 Å². The third kappa shape index (κ3) is 52.5. The largest absolute Gasteiger partial charge is 0.462 e. The second kappa shape index (κ2) is 54.2. The van der Waals surface area contributed by atoms with E-state index in [9.17, 15) is 14.4 Å². The minimum atomic E-state index is -0.784. The summed E-state index contributed by atoms with van der Waals surface area (Å²) in [5, 5.41) is 0. The Morgan fingerprint density at radius 3 is 0.877 bits per heavy atom. The maximum Gasteiger partial charge on any atom is 0.306 e. The van der Waals surface area contributed by atoms with Crippen LogP contribution < -0.4 is 0 Å². The van der Waals surface area contributed by atoms with E-state index in [-0.39, 0.29) is 31.1 Å². The number of rotatable bonds is 52. The van der Waals surface area contributed by atoms with Gasteiger partial charge in [0.1, 0.15) is 13.2 Å². The standard InChI is InChI=1S/C59H108O6/c1-4-7-10-13-16-19-22-25-28-30-32-34-37-40-43-46-49-52-58(61)64-55-56(54-63-57(60)51-48-45-42-39-36-33-27-24-21-18-15-12-9-6-3)65-59(62)53-50-47-44-41-38-35-31-29-26-23-20-17-14-11-8-5-2/h25,28-29,31,35,38,56H,4-24,26-27,30,32-34,36-37,39-55H2,1-3H3/b28-25-,31-29-,38-35-. The first-order valence-corrected chi connectivity index (χ1v) is 28.5. The first-order chi connectivity index (χ1) is 32.0. The van der Waals surface area contributed by atoms with Gasteiger partial charge in [-0.15, -0.1) is 0 Å². The van der Waals surface area contributed by atoms with Gasteiger partial charge in [-0.05, 0) is 70.6 Å². The predicted octanol–water partition coefficient (Wildman–Crippen LogP) is 18.9. The molecule has 0 heterocycles. The van der Waals surface area contributed by atoms with Crippen LogP contribution in [0.4, 0.5) is 0 Å². The summed E-state index contributed by atoms with van der Waals surface area (Å²) in [6, 6.07) is 0. The molecular weight excluding hydrogens is 805 g/mol. The Morgan fingerprint density at radius 1 is 0.308 bits per heavy atom. The van der Waals surface area contributed by atoms with Crippen LogP contribution in [-0.2, 0) is 28.6 Å². The summed E-state index contributed by atoms with van der Waals surface area (Å²) in [5.74, 6) is -0.896. The monoisotopic (exact) mass is 913 g/mol. The molecule has 0 aromatic carbocycles. The first kappa shape index (κ1) is 62.6. The zero-order chi connectivity index (χ0) is 47.2. The molecule has 0 aromatic rings. The van der Waals surface area contributed by atoms with Crippen molar-refractivity contribution in [2.45, 2.75) is 309 Å². The summed E-state index contributed by atoms with van der Waals surface area (Å²) in [4.78, 5) is 38.1. The molecule has 1 atom stereocenters. The molecule has 6 nitrogen and oxygen atoms in total. The summed E-state index contributed by atoms with van der Waals surface area (Å²) >= 11 is 0. The highest BCUT2D eigenvalue weighted by Gasteiger charge is 2.19. The highest BCUT2D eigenvalue weighted by atomic mass is 16.6. The van der Waals surface area contributed by atoms with Crippen LogP contribution in [-0.4, -0.2) is 37.2 Å². The zero-order valence-corrected chi connectivity index (χ0v) is 43.5. The van der Waals surface area contributed by atoms with Crippen molar-refractivity contribution in [3.63, 3.8) is 0 Å². The van der Waals surface area contributed by atoms with Crippen LogP contribution in [0, 0.1) is 0 Å². The predicted molar refractivity (Wildman–Crippen MR) is 279 cm³/mol. The van der Waals surface area contributed by atoms with Gasteiger partial charge in [0.05, 0.1) is 0 Å². The van der Waals surface area contributed by atoms with Gasteiger partial charge < -0.3 is 14.2 Å². The van der Waals surface area contributed by atoms with Gasteiger partial charge in [-0.1, -0.05) is 250 Å². The molecule has 0 amide bonds. The maximum atomic E-state index is 12.8. The Kier molecular flexibility index (Phi) is 52.3. The van der Waals surface area contributed by atoms with Gasteiger partial charge in [-0.25, -0.2) is 0 Å². The van der Waals surface area contributed by atoms with Crippen molar-refractivity contribution in [2.75, 3.05) is 13.2 Å². The SMILES string of the molecule is CCCCCCCC/C=C\CCCCCCCCCC(=O)OCC(COC(=O)CCCCCCCCCCCCCCCC)OC(=O)CCCCC/C=C\C=C/CCCCCCCCC. The molecule has 380 valence electrons. The van der Waals surface area contributed by atoms with Gasteiger partial charge in [0.15, 0.2) is 6.10 Å². The van der Waals surface area contributed by atoms with E-state index >= 15 is 0 Å². The quantitative estimate of drug-likeness (QED) is 0.0199. The van der Waals surface area contributed by atoms with E-state index < -0.39 is 6.10 Å². The molecule has 0 saturated carbocycles. The summed E-state index contributed by atoms with van der Waals surface area (Å²) < 4.78 is 16.8. The number of hydrogen-bond donors (Lipinski definition) is 0. The molecular formula is C59H108O6. The number of hydrogen-bond acceptors (Lipinski definition) is 6. The Hall–Kier alpha value is -2.37. The van der Waals surface area contributed by atoms with E-state index in [0.717, 1.165) is 70.6 Å². The van der Waals surface area contributed by atoms with Crippen molar-refractivity contribution in [3.05, 3.63) is 36.5 Å². The lowest BCUT2D eigenvalue weighted by molar-refractivity contribution is -0.167. The van der Waals surface area contributed by atoms with Gasteiger partial charge >= 0.3 is 17.9 Å². The number of esters is 3. The molecule has 0 aromatic heterocycles. The molecule has 0 N–H and O–H groups in total. The smallest absolute Gasteiger partial charge is 0.306 e. The van der Waals surface area contributed by atoms with Crippen molar-refractivity contribution in [2.24, 2.45) is 0 Å². The van der Waals surface area contributed by atoms with Gasteiger partial charge in [0.2, 0.25) is 0 Å². The Morgan fingerprint density at radius 2 is 0.554 bits per heavy atom. The molecule has 0 bridgehead atoms. The van der Waals surface area contributed by atoms with Crippen molar-refractivity contribution in [1.82, 2.24) is 0 Å². The lowest BCUT2D eigenvalue weighted by Gasteiger charge is -2.18. The molecule has 0 rings (SSSR count). The molecule has 0 aliphatic rings. The minimum absolute atomic E-state index is 0.0807. The van der Waals surface area contributed by atoms with Crippen LogP contribution in [0.5, 0.6) is 0 Å². The van der Waals surface area contributed by atoms with E-state index in [1.165, 1.54) is 193 Å². The highest BCUT2D eigenvalue weighted by Crippen LogP contribution is 2.16. The van der Waals surface area contributed by atoms with Crippen molar-refractivity contribution in [1.29, 1.82) is 0 Å². The average molecular weight is 914 g/mol. The normalized spacial score (nSPS) is 12.2. The first-order valence-electron chi connectivity index (χ1n) is 28.5. The van der Waals surface area contributed by atoms with Crippen molar-refractivity contribution < 1.29 is 28.6 Å². The zero-order valence-electron chi connectivity index (χ0n) is 43.5. The fraction of sp³-hybridized carbons (Fsp3) is 0.847. The van der Waals surface area contributed by atoms with Gasteiger partial charge in [-0.2, -0.15) is 0 Å². The Balaban J connectivity index is 4.39. The summed E-state index contributed by atoms with van der Waals surface area (Å²) in [6.45, 7) is 6.64. The Labute approximate surface area is 404 Å². The third-order valence-corrected chi connectivity index (χ3v) is 12.6. The number of ether oxygens (including phenoxy) is 3. The van der Waals surface area contributed by atoms with E-state index in [2.05, 4.69) is 57.2 Å². The van der Waals surface area contributed by atoms with Crippen molar-refractivity contribution in [3.8, 4) is 0 Å². The lowest BCUT2D eigenvalue weighted by Crippen LogP contribution is -2.30. The molecule has 0 aliphatic carbocycles. The van der Waals surface area contributed by atoms with Crippen LogP contribution in [0.1, 0.15) is 303 Å². The average Bonchev–Trinajstić information content (AvgIpc) is 3.30. The molecule has 0 aliphatic heterocycles.